The number of nitrogens with one attached hydrogen (secondary N) is 2. The van der Waals surface area contributed by atoms with E-state index >= 15 is 4.39 Å². The summed E-state index contributed by atoms with van der Waals surface area (Å²) in [5.41, 5.74) is 0.343. The third-order valence-electron chi connectivity index (χ3n) is 8.37. The van der Waals surface area contributed by atoms with Gasteiger partial charge in [0.15, 0.2) is 5.78 Å². The summed E-state index contributed by atoms with van der Waals surface area (Å²) < 4.78 is 126. The number of alkyl carbamates (subject to hydrolysis) is 1. The summed E-state index contributed by atoms with van der Waals surface area (Å²) in [5.74, 6) is -5.11. The van der Waals surface area contributed by atoms with Gasteiger partial charge in [0, 0.05) is 24.4 Å². The van der Waals surface area contributed by atoms with E-state index in [0.29, 0.717) is 0 Å². The van der Waals surface area contributed by atoms with E-state index < -0.39 is 91.1 Å². The number of benzene rings is 3. The zero-order valence-corrected chi connectivity index (χ0v) is 28.2. The molecule has 4 atom stereocenters. The van der Waals surface area contributed by atoms with Crippen molar-refractivity contribution >= 4 is 17.8 Å². The zero-order chi connectivity index (χ0) is 38.8. The largest absolute Gasteiger partial charge is 0.573 e. The maximum absolute atomic E-state index is 15.3. The number of alkyl halides is 6. The molecule has 1 fully saturated rings. The Morgan fingerprint density at radius 3 is 2.32 bits per heavy atom. The molecule has 3 aromatic carbocycles. The van der Waals surface area contributed by atoms with Crippen LogP contribution in [0, 0.1) is 11.6 Å². The second-order valence-electron chi connectivity index (χ2n) is 12.1. The monoisotopic (exact) mass is 760 g/mol. The highest BCUT2D eigenvalue weighted by Gasteiger charge is 2.38. The van der Waals surface area contributed by atoms with Crippen LogP contribution >= 0.6 is 0 Å². The van der Waals surface area contributed by atoms with Crippen molar-refractivity contribution in [2.24, 2.45) is 0 Å². The van der Waals surface area contributed by atoms with Gasteiger partial charge in [-0.2, -0.15) is 13.2 Å². The first kappa shape index (κ1) is 41.0. The average Bonchev–Trinajstić information content (AvgIpc) is 3.10. The summed E-state index contributed by atoms with van der Waals surface area (Å²) in [5, 5.41) is 5.47. The highest BCUT2D eigenvalue weighted by molar-refractivity contribution is 5.91. The average molecular weight is 761 g/mol. The molecule has 0 unspecified atom stereocenters. The molecule has 1 aliphatic heterocycles. The minimum atomic E-state index is -5.12. The van der Waals surface area contributed by atoms with Crippen LogP contribution in [0.1, 0.15) is 47.4 Å². The number of rotatable bonds is 15. The number of Topliss-reactive ketones (excluding diaryl/α,β-unsaturated/α-hetero) is 1. The minimum absolute atomic E-state index is 0.0466. The highest BCUT2D eigenvalue weighted by Crippen LogP contribution is 2.38. The second-order valence-corrected chi connectivity index (χ2v) is 12.1. The zero-order valence-electron chi connectivity index (χ0n) is 28.2. The number of ether oxygens (including phenoxy) is 4. The lowest BCUT2D eigenvalue weighted by Gasteiger charge is -2.30. The van der Waals surface area contributed by atoms with Gasteiger partial charge in [0.05, 0.1) is 38.7 Å². The van der Waals surface area contributed by atoms with E-state index in [2.05, 4.69) is 15.4 Å². The van der Waals surface area contributed by atoms with Crippen molar-refractivity contribution < 1.29 is 68.5 Å². The Kier molecular flexibility index (Phi) is 14.2. The Hall–Kier alpha value is -4.77. The van der Waals surface area contributed by atoms with Crippen molar-refractivity contribution in [3.8, 4) is 5.75 Å². The van der Waals surface area contributed by atoms with Crippen molar-refractivity contribution in [3.63, 3.8) is 0 Å². The van der Waals surface area contributed by atoms with Crippen LogP contribution in [0.3, 0.4) is 0 Å². The SMILES string of the molecule is COC(=O)N[C@H](C(=O)Cc1cccc(F)c1CC[C@@H]1CN[C@H](COC(=O)CCC(F)(F)F)CO1)[C@@H](c1ccc(F)cc1)c1ccccc1OC(F)(F)F. The van der Waals surface area contributed by atoms with E-state index in [-0.39, 0.29) is 54.9 Å². The normalized spacial score (nSPS) is 17.4. The first-order chi connectivity index (χ1) is 25.0. The fraction of sp³-hybridized carbons (Fsp3) is 0.417. The molecular weight excluding hydrogens is 724 g/mol. The van der Waals surface area contributed by atoms with Gasteiger partial charge in [0.1, 0.15) is 30.0 Å². The molecule has 0 aliphatic carbocycles. The number of halogens is 8. The molecule has 4 rings (SSSR count). The highest BCUT2D eigenvalue weighted by atomic mass is 19.4. The van der Waals surface area contributed by atoms with Gasteiger partial charge in [-0.05, 0) is 53.8 Å². The van der Waals surface area contributed by atoms with Gasteiger partial charge >= 0.3 is 24.6 Å². The molecule has 1 saturated heterocycles. The third-order valence-corrected chi connectivity index (χ3v) is 8.37. The van der Waals surface area contributed by atoms with Crippen LogP contribution in [0.5, 0.6) is 5.75 Å². The molecule has 9 nitrogen and oxygen atoms in total. The quantitative estimate of drug-likeness (QED) is 0.130. The summed E-state index contributed by atoms with van der Waals surface area (Å²) in [7, 11) is 1.02. The number of carbonyl (C=O) groups is 3. The summed E-state index contributed by atoms with van der Waals surface area (Å²) in [6.45, 7) is 0.0673. The van der Waals surface area contributed by atoms with Crippen molar-refractivity contribution in [1.82, 2.24) is 10.6 Å². The van der Waals surface area contributed by atoms with Crippen molar-refractivity contribution in [1.29, 1.82) is 0 Å². The topological polar surface area (TPSA) is 112 Å². The van der Waals surface area contributed by atoms with Crippen LogP contribution in [-0.2, 0) is 36.6 Å². The van der Waals surface area contributed by atoms with Crippen molar-refractivity contribution in [3.05, 3.63) is 101 Å². The van der Waals surface area contributed by atoms with Crippen LogP contribution in [0.25, 0.3) is 0 Å². The molecule has 0 spiro atoms. The molecule has 3 aromatic rings. The van der Waals surface area contributed by atoms with Crippen molar-refractivity contribution in [2.75, 3.05) is 26.9 Å². The van der Waals surface area contributed by atoms with E-state index in [4.69, 9.17) is 14.2 Å². The van der Waals surface area contributed by atoms with E-state index in [9.17, 15) is 45.1 Å². The Labute approximate surface area is 298 Å². The molecule has 2 N–H and O–H groups in total. The number of methoxy groups -OCH3 is 1. The standard InChI is InChI=1S/C36H36F8N2O7/c1-50-34(49)46-33(32(21-9-11-23(37)12-10-21)27-6-2-3-8-30(27)53-36(42,43)44)29(47)17-22-5-4-7-28(38)26(22)14-13-25-18-45-24(19-51-25)20-52-31(48)15-16-35(39,40)41/h2-12,24-25,32-33,45H,13-20H2,1H3,(H,46,49)/t24-,25+,32-,33+/m0/s1. The number of para-hydroxylation sites is 1. The number of hydrogen-bond donors (Lipinski definition) is 2. The molecule has 1 heterocycles. The van der Waals surface area contributed by atoms with E-state index in [1.807, 2.05) is 0 Å². The maximum atomic E-state index is 15.3. The van der Waals surface area contributed by atoms with E-state index in [0.717, 1.165) is 25.3 Å². The third kappa shape index (κ3) is 12.7. The number of morpholine rings is 1. The fourth-order valence-electron chi connectivity index (χ4n) is 5.83. The summed E-state index contributed by atoms with van der Waals surface area (Å²) in [4.78, 5) is 38.4. The number of hydrogen-bond acceptors (Lipinski definition) is 8. The molecular formula is C36H36F8N2O7. The Morgan fingerprint density at radius 2 is 1.68 bits per heavy atom. The smallest absolute Gasteiger partial charge is 0.464 e. The molecule has 17 heteroatoms. The molecule has 0 bridgehead atoms. The molecule has 288 valence electrons. The Bertz CT molecular complexity index is 1690. The maximum Gasteiger partial charge on any atom is 0.573 e. The molecule has 0 saturated carbocycles. The molecule has 1 aliphatic rings. The predicted octanol–water partition coefficient (Wildman–Crippen LogP) is 6.71. The Morgan fingerprint density at radius 1 is 0.962 bits per heavy atom. The lowest BCUT2D eigenvalue weighted by molar-refractivity contribution is -0.275. The van der Waals surface area contributed by atoms with Gasteiger partial charge in [0.2, 0.25) is 0 Å². The Balaban J connectivity index is 1.52. The first-order valence-electron chi connectivity index (χ1n) is 16.3. The molecule has 53 heavy (non-hydrogen) atoms. The van der Waals surface area contributed by atoms with Gasteiger partial charge in [0.25, 0.3) is 0 Å². The van der Waals surface area contributed by atoms with Gasteiger partial charge in [-0.15, -0.1) is 13.2 Å². The number of esters is 1. The second kappa shape index (κ2) is 18.3. The molecule has 0 aromatic heterocycles. The number of ketones is 1. The van der Waals surface area contributed by atoms with Gasteiger partial charge < -0.3 is 29.6 Å². The fourth-order valence-corrected chi connectivity index (χ4v) is 5.83. The molecule has 1 amide bonds. The predicted molar refractivity (Wildman–Crippen MR) is 172 cm³/mol. The van der Waals surface area contributed by atoms with E-state index in [1.54, 1.807) is 0 Å². The van der Waals surface area contributed by atoms with Crippen LogP contribution in [-0.4, -0.2) is 75.4 Å². The van der Waals surface area contributed by atoms with Crippen LogP contribution in [0.4, 0.5) is 39.9 Å². The lowest BCUT2D eigenvalue weighted by atomic mass is 9.81. The van der Waals surface area contributed by atoms with Crippen LogP contribution < -0.4 is 15.4 Å². The first-order valence-corrected chi connectivity index (χ1v) is 16.3. The van der Waals surface area contributed by atoms with Gasteiger partial charge in [-0.25, -0.2) is 13.6 Å². The number of carbonyl (C=O) groups excluding carboxylic acids is 3. The van der Waals surface area contributed by atoms with Crippen LogP contribution in [0.2, 0.25) is 0 Å². The summed E-state index contributed by atoms with van der Waals surface area (Å²) in [6, 6.07) is 11.5. The number of amides is 1. The summed E-state index contributed by atoms with van der Waals surface area (Å²) >= 11 is 0. The summed E-state index contributed by atoms with van der Waals surface area (Å²) in [6.07, 6.45) is -13.5. The van der Waals surface area contributed by atoms with E-state index in [1.165, 1.54) is 48.5 Å². The molecule has 0 radical (unpaired) electrons. The minimum Gasteiger partial charge on any atom is -0.464 e. The van der Waals surface area contributed by atoms with Gasteiger partial charge in [-0.1, -0.05) is 42.5 Å². The van der Waals surface area contributed by atoms with Crippen molar-refractivity contribution in [2.45, 2.75) is 68.7 Å². The lowest BCUT2D eigenvalue weighted by Crippen LogP contribution is -2.49. The van der Waals surface area contributed by atoms with Gasteiger partial charge in [-0.3, -0.25) is 9.59 Å². The van der Waals surface area contributed by atoms with Crippen LogP contribution in [0.15, 0.2) is 66.7 Å².